The highest BCUT2D eigenvalue weighted by Crippen LogP contribution is 2.35. The fourth-order valence-corrected chi connectivity index (χ4v) is 2.45. The van der Waals surface area contributed by atoms with E-state index in [0.29, 0.717) is 17.2 Å². The molecule has 2 aromatic rings. The van der Waals surface area contributed by atoms with Crippen LogP contribution in [0.1, 0.15) is 25.5 Å². The molecule has 0 fully saturated rings. The standard InChI is InChI=1S/C14H15N5O3/c1-3-22-13(21)11-8(2)15-14-16-17-18-19(14)12(11)9-4-6-10(20)7-5-9/h4-7,12,20H,3H2,1-2H3,(H,15,16,18)/t12-/m1/s1. The summed E-state index contributed by atoms with van der Waals surface area (Å²) in [5, 5.41) is 23.9. The molecule has 1 aliphatic heterocycles. The Morgan fingerprint density at radius 2 is 2.14 bits per heavy atom. The number of nitrogens with one attached hydrogen (secondary N) is 1. The largest absolute Gasteiger partial charge is 0.508 e. The minimum atomic E-state index is -0.508. The highest BCUT2D eigenvalue weighted by Gasteiger charge is 2.34. The van der Waals surface area contributed by atoms with Crippen molar-refractivity contribution in [1.29, 1.82) is 0 Å². The first-order valence-electron chi connectivity index (χ1n) is 6.83. The van der Waals surface area contributed by atoms with Crippen molar-refractivity contribution in [2.45, 2.75) is 19.9 Å². The maximum absolute atomic E-state index is 12.3. The summed E-state index contributed by atoms with van der Waals surface area (Å²) in [6.45, 7) is 3.81. The van der Waals surface area contributed by atoms with E-state index < -0.39 is 12.0 Å². The van der Waals surface area contributed by atoms with E-state index in [4.69, 9.17) is 4.74 Å². The molecule has 2 heterocycles. The monoisotopic (exact) mass is 301 g/mol. The van der Waals surface area contributed by atoms with E-state index >= 15 is 0 Å². The van der Waals surface area contributed by atoms with Crippen molar-refractivity contribution in [3.05, 3.63) is 41.1 Å². The average Bonchev–Trinajstić information content (AvgIpc) is 2.94. The van der Waals surface area contributed by atoms with Crippen LogP contribution in [-0.2, 0) is 9.53 Å². The van der Waals surface area contributed by atoms with Crippen molar-refractivity contribution in [2.24, 2.45) is 0 Å². The molecule has 0 radical (unpaired) electrons. The maximum atomic E-state index is 12.3. The number of anilines is 1. The van der Waals surface area contributed by atoms with Crippen LogP contribution >= 0.6 is 0 Å². The highest BCUT2D eigenvalue weighted by molar-refractivity contribution is 5.92. The van der Waals surface area contributed by atoms with Gasteiger partial charge >= 0.3 is 5.97 Å². The van der Waals surface area contributed by atoms with E-state index in [1.165, 1.54) is 4.68 Å². The van der Waals surface area contributed by atoms with Gasteiger partial charge in [0.2, 0.25) is 5.95 Å². The second-order valence-electron chi connectivity index (χ2n) is 4.83. The molecule has 0 spiro atoms. The third-order valence-corrected chi connectivity index (χ3v) is 3.42. The number of tetrazole rings is 1. The van der Waals surface area contributed by atoms with Crippen molar-refractivity contribution >= 4 is 11.9 Å². The molecule has 22 heavy (non-hydrogen) atoms. The third kappa shape index (κ3) is 2.28. The fourth-order valence-electron chi connectivity index (χ4n) is 2.45. The van der Waals surface area contributed by atoms with Crippen LogP contribution in [0.3, 0.4) is 0 Å². The van der Waals surface area contributed by atoms with Gasteiger partial charge in [0.1, 0.15) is 11.8 Å². The molecule has 0 bridgehead atoms. The number of ether oxygens (including phenoxy) is 1. The Labute approximate surface area is 126 Å². The number of esters is 1. The first-order chi connectivity index (χ1) is 10.6. The molecule has 8 heteroatoms. The molecule has 0 amide bonds. The Morgan fingerprint density at radius 1 is 1.41 bits per heavy atom. The number of phenols is 1. The molecule has 0 unspecified atom stereocenters. The van der Waals surface area contributed by atoms with Gasteiger partial charge in [-0.1, -0.05) is 17.2 Å². The van der Waals surface area contributed by atoms with Gasteiger partial charge in [0.25, 0.3) is 0 Å². The van der Waals surface area contributed by atoms with Crippen LogP contribution in [-0.4, -0.2) is 37.9 Å². The first kappa shape index (κ1) is 14.1. The lowest BCUT2D eigenvalue weighted by atomic mass is 9.96. The Bertz CT molecular complexity index is 735. The van der Waals surface area contributed by atoms with E-state index in [-0.39, 0.29) is 12.4 Å². The minimum Gasteiger partial charge on any atom is -0.508 e. The van der Waals surface area contributed by atoms with Crippen LogP contribution in [0, 0.1) is 0 Å². The van der Waals surface area contributed by atoms with Crippen molar-refractivity contribution in [3.63, 3.8) is 0 Å². The van der Waals surface area contributed by atoms with Gasteiger partial charge in [-0.05, 0) is 42.0 Å². The van der Waals surface area contributed by atoms with Gasteiger partial charge < -0.3 is 15.2 Å². The van der Waals surface area contributed by atoms with E-state index in [0.717, 1.165) is 5.56 Å². The number of allylic oxidation sites excluding steroid dienone is 1. The third-order valence-electron chi connectivity index (χ3n) is 3.42. The fraction of sp³-hybridized carbons (Fsp3) is 0.286. The SMILES string of the molecule is CCOC(=O)C1=C(C)Nc2nnnn2[C@@H]1c1ccc(O)cc1. The smallest absolute Gasteiger partial charge is 0.338 e. The Morgan fingerprint density at radius 3 is 2.82 bits per heavy atom. The van der Waals surface area contributed by atoms with E-state index in [2.05, 4.69) is 20.8 Å². The summed E-state index contributed by atoms with van der Waals surface area (Å²) >= 11 is 0. The van der Waals surface area contributed by atoms with Gasteiger partial charge in [0, 0.05) is 5.70 Å². The maximum Gasteiger partial charge on any atom is 0.338 e. The number of carbonyl (C=O) groups excluding carboxylic acids is 1. The van der Waals surface area contributed by atoms with E-state index in [9.17, 15) is 9.90 Å². The summed E-state index contributed by atoms with van der Waals surface area (Å²) in [7, 11) is 0. The number of hydrogen-bond acceptors (Lipinski definition) is 7. The quantitative estimate of drug-likeness (QED) is 0.822. The van der Waals surface area contributed by atoms with E-state index in [1.807, 2.05) is 0 Å². The molecular formula is C14H15N5O3. The molecule has 0 saturated heterocycles. The molecule has 114 valence electrons. The van der Waals surface area contributed by atoms with Crippen LogP contribution in [0.5, 0.6) is 5.75 Å². The molecule has 3 rings (SSSR count). The zero-order valence-electron chi connectivity index (χ0n) is 12.1. The lowest BCUT2D eigenvalue weighted by molar-refractivity contribution is -0.139. The van der Waals surface area contributed by atoms with Gasteiger partial charge in [-0.3, -0.25) is 0 Å². The van der Waals surface area contributed by atoms with E-state index in [1.54, 1.807) is 38.1 Å². The van der Waals surface area contributed by atoms with Crippen molar-refractivity contribution < 1.29 is 14.6 Å². The topological polar surface area (TPSA) is 102 Å². The molecule has 1 aromatic carbocycles. The Kier molecular flexibility index (Phi) is 3.50. The molecular weight excluding hydrogens is 286 g/mol. The van der Waals surface area contributed by atoms with Gasteiger partial charge in [-0.15, -0.1) is 0 Å². The summed E-state index contributed by atoms with van der Waals surface area (Å²) in [5.74, 6) is 0.170. The number of benzene rings is 1. The number of fused-ring (bicyclic) bond motifs is 1. The lowest BCUT2D eigenvalue weighted by Crippen LogP contribution is -2.29. The molecule has 1 aliphatic rings. The normalized spacial score (nSPS) is 16.9. The zero-order valence-corrected chi connectivity index (χ0v) is 12.1. The number of carbonyl (C=O) groups is 1. The Hall–Kier alpha value is -2.90. The van der Waals surface area contributed by atoms with Crippen LogP contribution in [0.15, 0.2) is 35.5 Å². The van der Waals surface area contributed by atoms with Crippen LogP contribution < -0.4 is 5.32 Å². The second-order valence-corrected chi connectivity index (χ2v) is 4.83. The molecule has 2 N–H and O–H groups in total. The first-order valence-corrected chi connectivity index (χ1v) is 6.83. The van der Waals surface area contributed by atoms with Gasteiger partial charge in [0.15, 0.2) is 0 Å². The summed E-state index contributed by atoms with van der Waals surface area (Å²) in [6.07, 6.45) is 0. The van der Waals surface area contributed by atoms with Gasteiger partial charge in [0.05, 0.1) is 12.2 Å². The molecule has 1 aromatic heterocycles. The predicted octanol–water partition coefficient (Wildman–Crippen LogP) is 1.23. The number of phenolic OH excluding ortho intramolecular Hbond substituents is 1. The van der Waals surface area contributed by atoms with Crippen molar-refractivity contribution in [1.82, 2.24) is 20.2 Å². The summed E-state index contributed by atoms with van der Waals surface area (Å²) in [4.78, 5) is 12.3. The predicted molar refractivity (Wildman–Crippen MR) is 77.0 cm³/mol. The van der Waals surface area contributed by atoms with Crippen LogP contribution in [0.25, 0.3) is 0 Å². The van der Waals surface area contributed by atoms with Gasteiger partial charge in [-0.2, -0.15) is 4.68 Å². The second kappa shape index (κ2) is 5.47. The summed E-state index contributed by atoms with van der Waals surface area (Å²) in [5.41, 5.74) is 1.85. The molecule has 0 aliphatic carbocycles. The van der Waals surface area contributed by atoms with Gasteiger partial charge in [-0.25, -0.2) is 4.79 Å². The minimum absolute atomic E-state index is 0.146. The Balaban J connectivity index is 2.13. The number of nitrogens with zero attached hydrogens (tertiary/aromatic N) is 4. The number of aromatic nitrogens is 4. The molecule has 1 atom stereocenters. The number of hydrogen-bond donors (Lipinski definition) is 2. The number of rotatable bonds is 3. The number of aromatic hydroxyl groups is 1. The summed E-state index contributed by atoms with van der Waals surface area (Å²) in [6, 6.07) is 6.05. The van der Waals surface area contributed by atoms with Crippen LogP contribution in [0.4, 0.5) is 5.95 Å². The molecule has 8 nitrogen and oxygen atoms in total. The van der Waals surface area contributed by atoms with Crippen LogP contribution in [0.2, 0.25) is 0 Å². The zero-order chi connectivity index (χ0) is 15.7. The molecule has 0 saturated carbocycles. The lowest BCUT2D eigenvalue weighted by Gasteiger charge is -2.27. The van der Waals surface area contributed by atoms with Crippen molar-refractivity contribution in [3.8, 4) is 5.75 Å². The van der Waals surface area contributed by atoms with Crippen molar-refractivity contribution in [2.75, 3.05) is 11.9 Å². The highest BCUT2D eigenvalue weighted by atomic mass is 16.5. The average molecular weight is 301 g/mol. The summed E-state index contributed by atoms with van der Waals surface area (Å²) < 4.78 is 6.67.